The number of carbonyl (C=O) groups is 1. The van der Waals surface area contributed by atoms with Crippen LogP contribution in [0.5, 0.6) is 5.75 Å². The van der Waals surface area contributed by atoms with E-state index in [4.69, 9.17) is 4.74 Å². The molecular weight excluding hydrogens is 367 g/mol. The quantitative estimate of drug-likeness (QED) is 0.836. The lowest BCUT2D eigenvalue weighted by atomic mass is 9.75. The van der Waals surface area contributed by atoms with E-state index >= 15 is 0 Å². The number of nitrogens with zero attached hydrogens (tertiary/aromatic N) is 1. The molecule has 2 heterocycles. The molecule has 0 radical (unpaired) electrons. The van der Waals surface area contributed by atoms with E-state index in [1.165, 1.54) is 6.07 Å². The van der Waals surface area contributed by atoms with Crippen LogP contribution in [0.4, 0.5) is 4.39 Å². The zero-order valence-electron chi connectivity index (χ0n) is 17.2. The molecule has 4 nitrogen and oxygen atoms in total. The van der Waals surface area contributed by atoms with Crippen LogP contribution < -0.4 is 10.1 Å². The smallest absolute Gasteiger partial charge is 0.253 e. The molecule has 1 spiro atoms. The molecule has 1 saturated heterocycles. The summed E-state index contributed by atoms with van der Waals surface area (Å²) in [6.45, 7) is 7.23. The van der Waals surface area contributed by atoms with Crippen LogP contribution >= 0.6 is 0 Å². The van der Waals surface area contributed by atoms with Crippen LogP contribution in [-0.2, 0) is 0 Å². The predicted molar refractivity (Wildman–Crippen MR) is 112 cm³/mol. The molecule has 0 saturated carbocycles. The van der Waals surface area contributed by atoms with Crippen LogP contribution in [0, 0.1) is 5.82 Å². The second kappa shape index (κ2) is 8.15. The van der Waals surface area contributed by atoms with Gasteiger partial charge in [0.25, 0.3) is 5.91 Å². The Kier molecular flexibility index (Phi) is 5.59. The molecule has 2 aromatic rings. The number of rotatable bonds is 4. The third-order valence-corrected chi connectivity index (χ3v) is 6.38. The summed E-state index contributed by atoms with van der Waals surface area (Å²) in [4.78, 5) is 14.4. The second-order valence-electron chi connectivity index (χ2n) is 8.07. The predicted octanol–water partition coefficient (Wildman–Crippen LogP) is 4.34. The van der Waals surface area contributed by atoms with Crippen LogP contribution in [0.25, 0.3) is 0 Å². The van der Waals surface area contributed by atoms with Crippen LogP contribution in [0.3, 0.4) is 0 Å². The van der Waals surface area contributed by atoms with Gasteiger partial charge in [-0.2, -0.15) is 0 Å². The Hall–Kier alpha value is -2.40. The van der Waals surface area contributed by atoms with Gasteiger partial charge in [0.2, 0.25) is 0 Å². The summed E-state index contributed by atoms with van der Waals surface area (Å²) in [7, 11) is 0. The van der Waals surface area contributed by atoms with Crippen molar-refractivity contribution in [2.24, 2.45) is 0 Å². The van der Waals surface area contributed by atoms with Crippen LogP contribution in [0.1, 0.15) is 60.5 Å². The molecular formula is C24H29FN2O2. The van der Waals surface area contributed by atoms with Crippen molar-refractivity contribution < 1.29 is 13.9 Å². The molecule has 1 amide bonds. The van der Waals surface area contributed by atoms with E-state index in [2.05, 4.69) is 5.32 Å². The SMILES string of the molecule is CCN(CC)C(=O)c1ccc(C2CC3(CCNCC3)Oc3ccc(F)cc32)cc1. The lowest BCUT2D eigenvalue weighted by Gasteiger charge is -2.45. The Morgan fingerprint density at radius 1 is 1.14 bits per heavy atom. The molecule has 0 bridgehead atoms. The molecule has 2 aliphatic heterocycles. The third-order valence-electron chi connectivity index (χ3n) is 6.38. The van der Waals surface area contributed by atoms with Gasteiger partial charge in [-0.1, -0.05) is 12.1 Å². The van der Waals surface area contributed by atoms with E-state index in [9.17, 15) is 9.18 Å². The molecule has 29 heavy (non-hydrogen) atoms. The lowest BCUT2D eigenvalue weighted by Crippen LogP contribution is -2.49. The van der Waals surface area contributed by atoms with Gasteiger partial charge in [-0.05, 0) is 82.1 Å². The topological polar surface area (TPSA) is 41.6 Å². The number of piperidine rings is 1. The zero-order chi connectivity index (χ0) is 20.4. The number of ether oxygens (including phenoxy) is 1. The first kappa shape index (κ1) is 19.9. The molecule has 1 atom stereocenters. The molecule has 1 unspecified atom stereocenters. The molecule has 5 heteroatoms. The molecule has 2 aliphatic rings. The fourth-order valence-corrected chi connectivity index (χ4v) is 4.68. The van der Waals surface area contributed by atoms with Crippen molar-refractivity contribution in [1.29, 1.82) is 0 Å². The molecule has 0 aromatic heterocycles. The Balaban J connectivity index is 1.67. The first-order chi connectivity index (χ1) is 14.0. The monoisotopic (exact) mass is 396 g/mol. The summed E-state index contributed by atoms with van der Waals surface area (Å²) < 4.78 is 20.5. The van der Waals surface area contributed by atoms with E-state index in [0.29, 0.717) is 18.7 Å². The van der Waals surface area contributed by atoms with E-state index in [1.54, 1.807) is 12.1 Å². The number of amides is 1. The maximum atomic E-state index is 14.0. The van der Waals surface area contributed by atoms with Crippen molar-refractivity contribution in [1.82, 2.24) is 10.2 Å². The van der Waals surface area contributed by atoms with E-state index in [0.717, 1.165) is 49.2 Å². The van der Waals surface area contributed by atoms with Gasteiger partial charge in [0, 0.05) is 30.1 Å². The second-order valence-corrected chi connectivity index (χ2v) is 8.07. The molecule has 154 valence electrons. The van der Waals surface area contributed by atoms with Crippen molar-refractivity contribution >= 4 is 5.91 Å². The lowest BCUT2D eigenvalue weighted by molar-refractivity contribution is 0.0112. The zero-order valence-corrected chi connectivity index (χ0v) is 17.2. The van der Waals surface area contributed by atoms with Gasteiger partial charge in [-0.3, -0.25) is 4.79 Å². The number of hydrogen-bond donors (Lipinski definition) is 1. The highest BCUT2D eigenvalue weighted by atomic mass is 19.1. The fraction of sp³-hybridized carbons (Fsp3) is 0.458. The average Bonchev–Trinajstić information content (AvgIpc) is 2.75. The Bertz CT molecular complexity index is 871. The highest BCUT2D eigenvalue weighted by Gasteiger charge is 2.42. The number of nitrogens with one attached hydrogen (secondary N) is 1. The summed E-state index contributed by atoms with van der Waals surface area (Å²) in [5, 5.41) is 3.40. The normalized spacial score (nSPS) is 20.0. The van der Waals surface area contributed by atoms with Crippen LogP contribution in [-0.4, -0.2) is 42.6 Å². The minimum atomic E-state index is -0.244. The molecule has 0 aliphatic carbocycles. The number of fused-ring (bicyclic) bond motifs is 1. The van der Waals surface area contributed by atoms with Gasteiger partial charge in [0.15, 0.2) is 0 Å². The average molecular weight is 397 g/mol. The maximum Gasteiger partial charge on any atom is 0.253 e. The van der Waals surface area contributed by atoms with Gasteiger partial charge < -0.3 is 15.0 Å². The highest BCUT2D eigenvalue weighted by molar-refractivity contribution is 5.94. The first-order valence-corrected chi connectivity index (χ1v) is 10.6. The van der Waals surface area contributed by atoms with Crippen LogP contribution in [0.15, 0.2) is 42.5 Å². The molecule has 2 aromatic carbocycles. The number of carbonyl (C=O) groups excluding carboxylic acids is 1. The Morgan fingerprint density at radius 3 is 2.48 bits per heavy atom. The van der Waals surface area contributed by atoms with Crippen molar-refractivity contribution in [2.75, 3.05) is 26.2 Å². The molecule has 1 N–H and O–H groups in total. The minimum absolute atomic E-state index is 0.0507. The summed E-state index contributed by atoms with van der Waals surface area (Å²) >= 11 is 0. The maximum absolute atomic E-state index is 14.0. The fourth-order valence-electron chi connectivity index (χ4n) is 4.68. The molecule has 4 rings (SSSR count). The number of benzene rings is 2. The third kappa shape index (κ3) is 3.88. The van der Waals surface area contributed by atoms with Gasteiger partial charge in [-0.25, -0.2) is 4.39 Å². The summed E-state index contributed by atoms with van der Waals surface area (Å²) in [6.07, 6.45) is 2.71. The van der Waals surface area contributed by atoms with Crippen molar-refractivity contribution in [2.45, 2.75) is 44.6 Å². The van der Waals surface area contributed by atoms with Gasteiger partial charge in [0.05, 0.1) is 0 Å². The van der Waals surface area contributed by atoms with Crippen molar-refractivity contribution in [3.63, 3.8) is 0 Å². The number of hydrogen-bond acceptors (Lipinski definition) is 3. The Labute approximate surface area is 172 Å². The van der Waals surface area contributed by atoms with E-state index in [1.807, 2.05) is 43.0 Å². The van der Waals surface area contributed by atoms with Crippen molar-refractivity contribution in [3.05, 3.63) is 65.0 Å². The van der Waals surface area contributed by atoms with E-state index in [-0.39, 0.29) is 23.2 Å². The van der Waals surface area contributed by atoms with Crippen LogP contribution in [0.2, 0.25) is 0 Å². The number of halogens is 1. The summed E-state index contributed by atoms with van der Waals surface area (Å²) in [6, 6.07) is 12.7. The summed E-state index contributed by atoms with van der Waals surface area (Å²) in [5.41, 5.74) is 2.49. The van der Waals surface area contributed by atoms with Gasteiger partial charge in [0.1, 0.15) is 17.2 Å². The first-order valence-electron chi connectivity index (χ1n) is 10.6. The van der Waals surface area contributed by atoms with Gasteiger partial charge >= 0.3 is 0 Å². The molecule has 1 fully saturated rings. The minimum Gasteiger partial charge on any atom is -0.487 e. The van der Waals surface area contributed by atoms with E-state index < -0.39 is 0 Å². The Morgan fingerprint density at radius 2 is 1.83 bits per heavy atom. The van der Waals surface area contributed by atoms with Gasteiger partial charge in [-0.15, -0.1) is 0 Å². The largest absolute Gasteiger partial charge is 0.487 e. The van der Waals surface area contributed by atoms with Crippen molar-refractivity contribution in [3.8, 4) is 5.75 Å². The summed E-state index contributed by atoms with van der Waals surface area (Å²) in [5.74, 6) is 0.653. The standard InChI is InChI=1S/C24H29FN2O2/c1-3-27(4-2)23(28)18-7-5-17(6-8-18)21-16-24(11-13-26-14-12-24)29-22-10-9-19(25)15-20(21)22/h5-10,15,21,26H,3-4,11-14,16H2,1-2H3. The highest BCUT2D eigenvalue weighted by Crippen LogP contribution is 2.47.